The number of methoxy groups -OCH3 is 1. The number of nitrogens with two attached hydrogens (primary N) is 1. The van der Waals surface area contributed by atoms with Crippen LogP contribution in [0.5, 0.6) is 5.75 Å². The van der Waals surface area contributed by atoms with E-state index in [9.17, 15) is 4.39 Å². The zero-order valence-electron chi connectivity index (χ0n) is 14.9. The zero-order chi connectivity index (χ0) is 18.9. The number of amidine groups is 1. The lowest BCUT2D eigenvalue weighted by Crippen LogP contribution is -2.27. The monoisotopic (exact) mass is 362 g/mol. The van der Waals surface area contributed by atoms with Gasteiger partial charge in [0, 0.05) is 5.56 Å². The maximum Gasteiger partial charge on any atom is 0.283 e. The Morgan fingerprint density at radius 2 is 1.78 bits per heavy atom. The zero-order valence-corrected chi connectivity index (χ0v) is 14.9. The third kappa shape index (κ3) is 3.01. The van der Waals surface area contributed by atoms with Crippen molar-refractivity contribution in [2.45, 2.75) is 5.54 Å². The van der Waals surface area contributed by atoms with Crippen molar-refractivity contribution in [1.82, 2.24) is 0 Å². The molecule has 0 fully saturated rings. The summed E-state index contributed by atoms with van der Waals surface area (Å²) >= 11 is 0. The van der Waals surface area contributed by atoms with Gasteiger partial charge in [0.25, 0.3) is 6.02 Å². The van der Waals surface area contributed by atoms with Crippen LogP contribution in [0.25, 0.3) is 11.1 Å². The summed E-state index contributed by atoms with van der Waals surface area (Å²) in [5, 5.41) is 0. The predicted octanol–water partition coefficient (Wildman–Crippen LogP) is 4.09. The van der Waals surface area contributed by atoms with E-state index in [-0.39, 0.29) is 11.8 Å². The summed E-state index contributed by atoms with van der Waals surface area (Å²) in [4.78, 5) is 4.61. The average Bonchev–Trinajstić information content (AvgIpc) is 3.12. The summed E-state index contributed by atoms with van der Waals surface area (Å²) in [6.45, 7) is 0.299. The Hall–Kier alpha value is -3.34. The lowest BCUT2D eigenvalue weighted by molar-refractivity contribution is 0.278. The van der Waals surface area contributed by atoms with E-state index >= 15 is 0 Å². The Labute approximate surface area is 157 Å². The van der Waals surface area contributed by atoms with Gasteiger partial charge in [-0.2, -0.15) is 0 Å². The highest BCUT2D eigenvalue weighted by Gasteiger charge is 2.40. The summed E-state index contributed by atoms with van der Waals surface area (Å²) < 4.78 is 25.2. The molecule has 0 aromatic heterocycles. The maximum atomic E-state index is 14.5. The van der Waals surface area contributed by atoms with Crippen molar-refractivity contribution in [2.75, 3.05) is 13.7 Å². The van der Waals surface area contributed by atoms with E-state index in [0.29, 0.717) is 17.9 Å². The van der Waals surface area contributed by atoms with Crippen LogP contribution in [0, 0.1) is 5.82 Å². The molecule has 0 aliphatic carbocycles. The molecule has 0 saturated carbocycles. The first-order valence-corrected chi connectivity index (χ1v) is 8.60. The molecule has 4 rings (SSSR count). The average molecular weight is 362 g/mol. The Balaban J connectivity index is 1.86. The van der Waals surface area contributed by atoms with Crippen LogP contribution in [0.1, 0.15) is 11.1 Å². The Kier molecular flexibility index (Phi) is 4.28. The van der Waals surface area contributed by atoms with Gasteiger partial charge in [0.1, 0.15) is 18.2 Å². The SMILES string of the molecule is COc1ccc(F)c(-c2cccc(C3(c4ccccc4)COC(N)=N3)c2)c1. The van der Waals surface area contributed by atoms with Gasteiger partial charge >= 0.3 is 0 Å². The summed E-state index contributed by atoms with van der Waals surface area (Å²) in [5.74, 6) is 0.286. The molecule has 1 aliphatic heterocycles. The molecule has 1 heterocycles. The molecular weight excluding hydrogens is 343 g/mol. The third-order valence-electron chi connectivity index (χ3n) is 4.81. The van der Waals surface area contributed by atoms with Crippen LogP contribution in [0.4, 0.5) is 4.39 Å². The van der Waals surface area contributed by atoms with Crippen molar-refractivity contribution in [2.24, 2.45) is 10.7 Å². The Morgan fingerprint density at radius 1 is 1.00 bits per heavy atom. The topological polar surface area (TPSA) is 56.8 Å². The highest BCUT2D eigenvalue weighted by molar-refractivity contribution is 5.76. The molecule has 0 amide bonds. The van der Waals surface area contributed by atoms with E-state index in [1.807, 2.05) is 54.6 Å². The molecule has 0 radical (unpaired) electrons. The number of nitrogens with zero attached hydrogens (tertiary/aromatic N) is 1. The van der Waals surface area contributed by atoms with Gasteiger partial charge in [0.05, 0.1) is 7.11 Å². The van der Waals surface area contributed by atoms with Gasteiger partial charge in [-0.3, -0.25) is 0 Å². The minimum atomic E-state index is -0.753. The highest BCUT2D eigenvalue weighted by atomic mass is 19.1. The van der Waals surface area contributed by atoms with Crippen molar-refractivity contribution in [3.05, 3.63) is 89.7 Å². The quantitative estimate of drug-likeness (QED) is 0.760. The fourth-order valence-corrected chi connectivity index (χ4v) is 3.40. The van der Waals surface area contributed by atoms with E-state index in [1.54, 1.807) is 19.2 Å². The fraction of sp³-hybridized carbons (Fsp3) is 0.136. The lowest BCUT2D eigenvalue weighted by atomic mass is 9.83. The highest BCUT2D eigenvalue weighted by Crippen LogP contribution is 2.39. The smallest absolute Gasteiger partial charge is 0.283 e. The van der Waals surface area contributed by atoms with Crippen LogP contribution in [-0.2, 0) is 10.3 Å². The summed E-state index contributed by atoms with van der Waals surface area (Å²) in [5.41, 5.74) is 8.15. The molecule has 3 aromatic carbocycles. The second-order valence-electron chi connectivity index (χ2n) is 6.39. The molecule has 136 valence electrons. The first kappa shape index (κ1) is 17.1. The lowest BCUT2D eigenvalue weighted by Gasteiger charge is -2.25. The molecule has 0 bridgehead atoms. The summed E-state index contributed by atoms with van der Waals surface area (Å²) in [6, 6.07) is 22.3. The van der Waals surface area contributed by atoms with Crippen LogP contribution in [0.15, 0.2) is 77.8 Å². The van der Waals surface area contributed by atoms with E-state index in [1.165, 1.54) is 6.07 Å². The van der Waals surface area contributed by atoms with Crippen LogP contribution >= 0.6 is 0 Å². The van der Waals surface area contributed by atoms with Crippen molar-refractivity contribution < 1.29 is 13.9 Å². The Morgan fingerprint density at radius 3 is 2.48 bits per heavy atom. The van der Waals surface area contributed by atoms with Gasteiger partial charge in [-0.25, -0.2) is 9.38 Å². The first-order chi connectivity index (χ1) is 13.1. The molecule has 1 aliphatic rings. The standard InChI is InChI=1S/C22H19FN2O2/c1-26-18-10-11-20(23)19(13-18)15-6-5-9-17(12-15)22(14-27-21(24)25-22)16-7-3-2-4-8-16/h2-13H,14H2,1H3,(H2,24,25). The van der Waals surface area contributed by atoms with Crippen LogP contribution in [0.2, 0.25) is 0 Å². The second-order valence-corrected chi connectivity index (χ2v) is 6.39. The molecule has 1 unspecified atom stereocenters. The number of benzene rings is 3. The summed E-state index contributed by atoms with van der Waals surface area (Å²) in [6.07, 6.45) is 0. The van der Waals surface area contributed by atoms with E-state index < -0.39 is 5.54 Å². The van der Waals surface area contributed by atoms with E-state index in [4.69, 9.17) is 15.2 Å². The van der Waals surface area contributed by atoms with Crippen molar-refractivity contribution >= 4 is 6.02 Å². The van der Waals surface area contributed by atoms with Gasteiger partial charge in [0.15, 0.2) is 5.54 Å². The molecular formula is C22H19FN2O2. The molecule has 5 heteroatoms. The van der Waals surface area contributed by atoms with Gasteiger partial charge in [0.2, 0.25) is 0 Å². The first-order valence-electron chi connectivity index (χ1n) is 8.60. The number of aliphatic imine (C=N–C) groups is 1. The van der Waals surface area contributed by atoms with Crippen LogP contribution in [-0.4, -0.2) is 19.7 Å². The largest absolute Gasteiger partial charge is 0.497 e. The minimum absolute atomic E-state index is 0.150. The third-order valence-corrected chi connectivity index (χ3v) is 4.81. The van der Waals surface area contributed by atoms with Gasteiger partial charge in [-0.15, -0.1) is 0 Å². The van der Waals surface area contributed by atoms with Gasteiger partial charge in [-0.1, -0.05) is 48.5 Å². The predicted molar refractivity (Wildman–Crippen MR) is 103 cm³/mol. The van der Waals surface area contributed by atoms with Gasteiger partial charge < -0.3 is 15.2 Å². The van der Waals surface area contributed by atoms with E-state index in [0.717, 1.165) is 16.7 Å². The summed E-state index contributed by atoms with van der Waals surface area (Å²) in [7, 11) is 1.56. The molecule has 1 atom stereocenters. The molecule has 2 N–H and O–H groups in total. The molecule has 0 saturated heterocycles. The van der Waals surface area contributed by atoms with Crippen LogP contribution < -0.4 is 10.5 Å². The number of rotatable bonds is 4. The molecule has 27 heavy (non-hydrogen) atoms. The number of hydrogen-bond acceptors (Lipinski definition) is 4. The maximum absolute atomic E-state index is 14.5. The normalized spacial score (nSPS) is 18.7. The van der Waals surface area contributed by atoms with Crippen molar-refractivity contribution in [3.8, 4) is 16.9 Å². The fourth-order valence-electron chi connectivity index (χ4n) is 3.40. The number of halogens is 1. The molecule has 3 aromatic rings. The van der Waals surface area contributed by atoms with Crippen molar-refractivity contribution in [3.63, 3.8) is 0 Å². The van der Waals surface area contributed by atoms with Crippen molar-refractivity contribution in [1.29, 1.82) is 0 Å². The molecule has 4 nitrogen and oxygen atoms in total. The van der Waals surface area contributed by atoms with Gasteiger partial charge in [-0.05, 0) is 41.0 Å². The second kappa shape index (κ2) is 6.76. The minimum Gasteiger partial charge on any atom is -0.497 e. The van der Waals surface area contributed by atoms with E-state index in [2.05, 4.69) is 4.99 Å². The number of ether oxygens (including phenoxy) is 2. The van der Waals surface area contributed by atoms with Crippen LogP contribution in [0.3, 0.4) is 0 Å². The number of hydrogen-bond donors (Lipinski definition) is 1. The Bertz CT molecular complexity index is 1000. The molecule has 0 spiro atoms.